The van der Waals surface area contributed by atoms with Gasteiger partial charge in [0.2, 0.25) is 0 Å². The van der Waals surface area contributed by atoms with Gasteiger partial charge in [0.1, 0.15) is 6.10 Å². The third-order valence-corrected chi connectivity index (χ3v) is 8.20. The van der Waals surface area contributed by atoms with E-state index in [4.69, 9.17) is 14.2 Å². The van der Waals surface area contributed by atoms with E-state index in [2.05, 4.69) is 0 Å². The number of cyclic esters (lactones) is 1. The predicted octanol–water partition coefficient (Wildman–Crippen LogP) is 9.13. The molecule has 0 bridgehead atoms. The van der Waals surface area contributed by atoms with Crippen molar-refractivity contribution in [2.75, 3.05) is 36.5 Å². The SMILES string of the molecule is CCN(CCCCC1OCC(C)(C)CO1)c1ccc(NC(F)(F)F)cc1CN1C(=O)O[C@H](c2cc(C(F)(F)F)cc(C(F)(F)F)c2)[C@@H]1C. The van der Waals surface area contributed by atoms with Crippen LogP contribution in [0.25, 0.3) is 0 Å². The summed E-state index contributed by atoms with van der Waals surface area (Å²) in [6.45, 7) is 9.02. The number of carbonyl (C=O) groups excluding carboxylic acids is 1. The van der Waals surface area contributed by atoms with Crippen LogP contribution >= 0.6 is 0 Å². The Bertz CT molecular complexity index is 1390. The van der Waals surface area contributed by atoms with Gasteiger partial charge in [-0.3, -0.25) is 10.2 Å². The molecule has 2 saturated heterocycles. The minimum atomic E-state index is -5.11. The smallest absolute Gasteiger partial charge is 0.439 e. The number of amides is 1. The summed E-state index contributed by atoms with van der Waals surface area (Å²) in [4.78, 5) is 16.0. The van der Waals surface area contributed by atoms with Gasteiger partial charge in [-0.05, 0) is 80.6 Å². The van der Waals surface area contributed by atoms with Crippen LogP contribution in [0.2, 0.25) is 0 Å². The van der Waals surface area contributed by atoms with E-state index in [1.165, 1.54) is 30.4 Å². The average Bonchev–Trinajstić information content (AvgIpc) is 3.25. The van der Waals surface area contributed by atoms with E-state index >= 15 is 0 Å². The van der Waals surface area contributed by atoms with Crippen LogP contribution in [0, 0.1) is 5.41 Å². The van der Waals surface area contributed by atoms with Crippen LogP contribution in [0.3, 0.4) is 0 Å². The van der Waals surface area contributed by atoms with Crippen LogP contribution in [0.1, 0.15) is 75.3 Å². The number of anilines is 2. The van der Waals surface area contributed by atoms with Crippen molar-refractivity contribution in [3.8, 4) is 0 Å². The monoisotopic (exact) mass is 699 g/mol. The Kier molecular flexibility index (Phi) is 11.1. The van der Waals surface area contributed by atoms with Gasteiger partial charge in [0.25, 0.3) is 0 Å². The fourth-order valence-electron chi connectivity index (χ4n) is 5.70. The highest BCUT2D eigenvalue weighted by Gasteiger charge is 2.43. The molecule has 0 saturated carbocycles. The minimum Gasteiger partial charge on any atom is -0.439 e. The molecular formula is C32H38F9N3O4. The number of benzene rings is 2. The highest BCUT2D eigenvalue weighted by atomic mass is 19.4. The summed E-state index contributed by atoms with van der Waals surface area (Å²) in [6.07, 6.45) is -15.9. The van der Waals surface area contributed by atoms with Crippen LogP contribution in [-0.4, -0.2) is 55.9 Å². The molecule has 7 nitrogen and oxygen atoms in total. The molecular weight excluding hydrogens is 661 g/mol. The van der Waals surface area contributed by atoms with Gasteiger partial charge in [0.15, 0.2) is 6.29 Å². The molecule has 2 atom stereocenters. The first-order valence-electron chi connectivity index (χ1n) is 15.4. The Balaban J connectivity index is 1.56. The second kappa shape index (κ2) is 14.2. The number of nitrogens with zero attached hydrogens (tertiary/aromatic N) is 2. The van der Waals surface area contributed by atoms with Gasteiger partial charge in [-0.15, -0.1) is 0 Å². The van der Waals surface area contributed by atoms with Crippen molar-refractivity contribution in [1.29, 1.82) is 0 Å². The average molecular weight is 700 g/mol. The Morgan fingerprint density at radius 2 is 1.52 bits per heavy atom. The fraction of sp³-hybridized carbons (Fsp3) is 0.594. The van der Waals surface area contributed by atoms with E-state index in [1.807, 2.05) is 25.7 Å². The van der Waals surface area contributed by atoms with Gasteiger partial charge in [-0.2, -0.15) is 39.5 Å². The van der Waals surface area contributed by atoms with Crippen LogP contribution in [0.15, 0.2) is 36.4 Å². The van der Waals surface area contributed by atoms with E-state index in [1.54, 1.807) is 0 Å². The van der Waals surface area contributed by atoms with E-state index in [0.717, 1.165) is 11.3 Å². The molecule has 48 heavy (non-hydrogen) atoms. The van der Waals surface area contributed by atoms with E-state index in [-0.39, 0.29) is 35.6 Å². The molecule has 16 heteroatoms. The highest BCUT2D eigenvalue weighted by Crippen LogP contribution is 2.42. The van der Waals surface area contributed by atoms with Gasteiger partial charge in [-0.25, -0.2) is 4.79 Å². The summed E-state index contributed by atoms with van der Waals surface area (Å²) < 4.78 is 138. The van der Waals surface area contributed by atoms with Gasteiger partial charge >= 0.3 is 24.7 Å². The highest BCUT2D eigenvalue weighted by molar-refractivity contribution is 5.72. The number of hydrogen-bond acceptors (Lipinski definition) is 6. The maximum absolute atomic E-state index is 13.5. The first kappa shape index (κ1) is 37.4. The number of ether oxygens (including phenoxy) is 3. The Labute approximate surface area is 272 Å². The molecule has 2 fully saturated rings. The number of nitrogens with one attached hydrogen (secondary N) is 1. The standard InChI is InChI=1S/C32H38F9N3O4/c1-5-43(11-7-6-8-26-46-17-29(3,4)18-47-26)25-10-9-24(42-32(39,40)41)14-21(25)16-44-19(2)27(48-28(44)45)20-12-22(30(33,34)35)15-23(13-20)31(36,37)38/h9-10,12-15,19,26-27,42H,5-8,11,16-18H2,1-4H3/t19-,27-/m0/s1. The number of carbonyl (C=O) groups is 1. The third-order valence-electron chi connectivity index (χ3n) is 8.20. The fourth-order valence-corrected chi connectivity index (χ4v) is 5.70. The molecule has 2 aromatic carbocycles. The lowest BCUT2D eigenvalue weighted by atomic mass is 9.95. The Morgan fingerprint density at radius 3 is 2.06 bits per heavy atom. The normalized spacial score (nSPS) is 20.6. The zero-order chi connectivity index (χ0) is 35.7. The van der Waals surface area contributed by atoms with Crippen molar-refractivity contribution in [3.05, 3.63) is 58.7 Å². The second-order valence-electron chi connectivity index (χ2n) is 12.8. The summed E-state index contributed by atoms with van der Waals surface area (Å²) in [5.74, 6) is 0. The predicted molar refractivity (Wildman–Crippen MR) is 158 cm³/mol. The van der Waals surface area contributed by atoms with E-state index < -0.39 is 53.6 Å². The molecule has 1 amide bonds. The number of unbranched alkanes of at least 4 members (excludes halogenated alkanes) is 1. The molecule has 0 aromatic heterocycles. The molecule has 2 aromatic rings. The van der Waals surface area contributed by atoms with Crippen LogP contribution < -0.4 is 10.2 Å². The zero-order valence-electron chi connectivity index (χ0n) is 26.8. The van der Waals surface area contributed by atoms with E-state index in [9.17, 15) is 44.3 Å². The summed E-state index contributed by atoms with van der Waals surface area (Å²) in [5, 5.41) is 1.43. The number of alkyl halides is 9. The van der Waals surface area contributed by atoms with Crippen LogP contribution in [-0.2, 0) is 33.1 Å². The van der Waals surface area contributed by atoms with Crippen LogP contribution in [0.5, 0.6) is 0 Å². The summed E-state index contributed by atoms with van der Waals surface area (Å²) >= 11 is 0. The zero-order valence-corrected chi connectivity index (χ0v) is 26.8. The lowest BCUT2D eigenvalue weighted by Crippen LogP contribution is -2.37. The molecule has 0 aliphatic carbocycles. The Hall–Kier alpha value is -3.40. The molecule has 4 rings (SSSR count). The molecule has 268 valence electrons. The lowest BCUT2D eigenvalue weighted by molar-refractivity contribution is -0.224. The van der Waals surface area contributed by atoms with Crippen molar-refractivity contribution < 1.29 is 58.5 Å². The van der Waals surface area contributed by atoms with Crippen molar-refractivity contribution in [1.82, 2.24) is 4.90 Å². The summed E-state index contributed by atoms with van der Waals surface area (Å²) in [7, 11) is 0. The quantitative estimate of drug-likeness (QED) is 0.144. The van der Waals surface area contributed by atoms with Gasteiger partial charge in [0, 0.05) is 29.9 Å². The van der Waals surface area contributed by atoms with Crippen molar-refractivity contribution in [2.45, 2.75) is 90.6 Å². The first-order chi connectivity index (χ1) is 22.2. The lowest BCUT2D eigenvalue weighted by Gasteiger charge is -2.34. The summed E-state index contributed by atoms with van der Waals surface area (Å²) in [6, 6.07) is 3.79. The molecule has 2 heterocycles. The van der Waals surface area contributed by atoms with Gasteiger partial charge in [0.05, 0.1) is 36.9 Å². The molecule has 2 aliphatic rings. The van der Waals surface area contributed by atoms with Crippen LogP contribution in [0.4, 0.5) is 55.7 Å². The third kappa shape index (κ3) is 9.61. The maximum atomic E-state index is 13.5. The number of rotatable bonds is 11. The largest absolute Gasteiger partial charge is 0.482 e. The number of halogens is 9. The minimum absolute atomic E-state index is 0.0244. The molecule has 1 N–H and O–H groups in total. The number of hydrogen-bond donors (Lipinski definition) is 1. The van der Waals surface area contributed by atoms with Gasteiger partial charge < -0.3 is 19.1 Å². The van der Waals surface area contributed by atoms with Crippen molar-refractivity contribution in [3.63, 3.8) is 0 Å². The molecule has 0 radical (unpaired) electrons. The van der Waals surface area contributed by atoms with E-state index in [0.29, 0.717) is 57.0 Å². The molecule has 0 spiro atoms. The first-order valence-corrected chi connectivity index (χ1v) is 15.4. The molecule has 0 unspecified atom stereocenters. The maximum Gasteiger partial charge on any atom is 0.482 e. The van der Waals surface area contributed by atoms with Crippen molar-refractivity contribution in [2.24, 2.45) is 5.41 Å². The Morgan fingerprint density at radius 1 is 0.917 bits per heavy atom. The second-order valence-corrected chi connectivity index (χ2v) is 12.8. The topological polar surface area (TPSA) is 63.3 Å². The van der Waals surface area contributed by atoms with Gasteiger partial charge in [-0.1, -0.05) is 13.8 Å². The van der Waals surface area contributed by atoms with Crippen molar-refractivity contribution >= 4 is 17.5 Å². The summed E-state index contributed by atoms with van der Waals surface area (Å²) in [5.41, 5.74) is -3.28. The molecule has 2 aliphatic heterocycles.